The number of rotatable bonds is 2. The highest BCUT2D eigenvalue weighted by atomic mass is 35.5. The third-order valence-electron chi connectivity index (χ3n) is 3.46. The summed E-state index contributed by atoms with van der Waals surface area (Å²) in [6, 6.07) is 12.4. The summed E-state index contributed by atoms with van der Waals surface area (Å²) in [4.78, 5) is 2.15. The molecule has 0 atom stereocenters. The van der Waals surface area contributed by atoms with E-state index < -0.39 is 0 Å². The summed E-state index contributed by atoms with van der Waals surface area (Å²) in [6.45, 7) is 4.35. The maximum absolute atomic E-state index is 5.73. The number of nitrogens with zero attached hydrogens (tertiary/aromatic N) is 1. The lowest BCUT2D eigenvalue weighted by Gasteiger charge is -2.19. The predicted molar refractivity (Wildman–Crippen MR) is 87.3 cm³/mol. The molecular formula is C16H21ClN2. The van der Waals surface area contributed by atoms with Crippen molar-refractivity contribution in [3.05, 3.63) is 47.5 Å². The molecule has 0 spiro atoms. The summed E-state index contributed by atoms with van der Waals surface area (Å²) in [5, 5.41) is 0. The summed E-state index contributed by atoms with van der Waals surface area (Å²) in [7, 11) is 4.15. The molecule has 0 aromatic heterocycles. The molecule has 0 heterocycles. The van der Waals surface area contributed by atoms with Crippen LogP contribution in [0.5, 0.6) is 0 Å². The Morgan fingerprint density at radius 2 is 1.42 bits per heavy atom. The van der Waals surface area contributed by atoms with Crippen LogP contribution < -0.4 is 10.6 Å². The van der Waals surface area contributed by atoms with Gasteiger partial charge in [0.25, 0.3) is 0 Å². The zero-order valence-corrected chi connectivity index (χ0v) is 12.7. The van der Waals surface area contributed by atoms with Crippen LogP contribution in [0.1, 0.15) is 11.1 Å². The fraction of sp³-hybridized carbons (Fsp3) is 0.250. The molecule has 0 unspecified atom stereocenters. The van der Waals surface area contributed by atoms with Gasteiger partial charge in [0, 0.05) is 25.5 Å². The maximum Gasteiger partial charge on any atom is 0.0393 e. The lowest BCUT2D eigenvalue weighted by atomic mass is 9.95. The Balaban J connectivity index is 0.00000180. The fourth-order valence-electron chi connectivity index (χ4n) is 2.27. The minimum Gasteiger partial charge on any atom is -0.399 e. The molecule has 0 fully saturated rings. The van der Waals surface area contributed by atoms with Gasteiger partial charge in [-0.2, -0.15) is 0 Å². The number of benzene rings is 2. The van der Waals surface area contributed by atoms with E-state index in [0.717, 1.165) is 5.69 Å². The molecule has 2 N–H and O–H groups in total. The molecule has 19 heavy (non-hydrogen) atoms. The Bertz CT molecular complexity index is 560. The molecule has 2 nitrogen and oxygen atoms in total. The molecular weight excluding hydrogens is 256 g/mol. The van der Waals surface area contributed by atoms with Gasteiger partial charge < -0.3 is 10.6 Å². The predicted octanol–water partition coefficient (Wildman–Crippen LogP) is 4.04. The van der Waals surface area contributed by atoms with Crippen LogP contribution in [0.4, 0.5) is 11.4 Å². The number of halogens is 1. The van der Waals surface area contributed by atoms with Crippen LogP contribution in [0.25, 0.3) is 11.1 Å². The molecule has 0 saturated carbocycles. The van der Waals surface area contributed by atoms with Crippen molar-refractivity contribution in [3.63, 3.8) is 0 Å². The monoisotopic (exact) mass is 276 g/mol. The van der Waals surface area contributed by atoms with Crippen LogP contribution >= 0.6 is 12.4 Å². The Hall–Kier alpha value is -1.67. The molecule has 0 aliphatic carbocycles. The van der Waals surface area contributed by atoms with Crippen molar-refractivity contribution in [2.24, 2.45) is 0 Å². The van der Waals surface area contributed by atoms with Gasteiger partial charge in [0.05, 0.1) is 0 Å². The van der Waals surface area contributed by atoms with Gasteiger partial charge in [0.15, 0.2) is 0 Å². The maximum atomic E-state index is 5.73. The summed E-state index contributed by atoms with van der Waals surface area (Å²) < 4.78 is 0. The van der Waals surface area contributed by atoms with Gasteiger partial charge in [-0.1, -0.05) is 18.2 Å². The molecule has 2 aromatic rings. The van der Waals surface area contributed by atoms with Gasteiger partial charge in [-0.05, 0) is 54.3 Å². The molecule has 0 saturated heterocycles. The highest BCUT2D eigenvalue weighted by Gasteiger charge is 2.09. The van der Waals surface area contributed by atoms with Crippen LogP contribution in [0.3, 0.4) is 0 Å². The van der Waals surface area contributed by atoms with E-state index in [0.29, 0.717) is 0 Å². The van der Waals surface area contributed by atoms with Crippen LogP contribution in [-0.2, 0) is 0 Å². The van der Waals surface area contributed by atoms with Crippen molar-refractivity contribution < 1.29 is 0 Å². The molecule has 0 aliphatic rings. The van der Waals surface area contributed by atoms with E-state index in [4.69, 9.17) is 5.73 Å². The molecule has 0 radical (unpaired) electrons. The van der Waals surface area contributed by atoms with Gasteiger partial charge in [0.2, 0.25) is 0 Å². The first-order valence-electron chi connectivity index (χ1n) is 6.14. The van der Waals surface area contributed by atoms with E-state index in [9.17, 15) is 0 Å². The van der Waals surface area contributed by atoms with Gasteiger partial charge in [-0.25, -0.2) is 0 Å². The number of hydrogen-bond acceptors (Lipinski definition) is 2. The molecule has 3 heteroatoms. The third-order valence-corrected chi connectivity index (χ3v) is 3.46. The van der Waals surface area contributed by atoms with Crippen LogP contribution in [0.2, 0.25) is 0 Å². The summed E-state index contributed by atoms with van der Waals surface area (Å²) in [5.41, 5.74) is 13.0. The Labute approximate surface area is 121 Å². The topological polar surface area (TPSA) is 29.3 Å². The highest BCUT2D eigenvalue weighted by molar-refractivity contribution is 5.85. The van der Waals surface area contributed by atoms with Crippen LogP contribution in [-0.4, -0.2) is 14.1 Å². The smallest absolute Gasteiger partial charge is 0.0393 e. The molecule has 0 amide bonds. The van der Waals surface area contributed by atoms with Crippen molar-refractivity contribution in [2.75, 3.05) is 24.7 Å². The lowest BCUT2D eigenvalue weighted by Crippen LogP contribution is -2.11. The minimum atomic E-state index is 0. The first-order chi connectivity index (χ1) is 8.50. The number of nitrogen functional groups attached to an aromatic ring is 1. The number of hydrogen-bond donors (Lipinski definition) is 1. The summed E-state index contributed by atoms with van der Waals surface area (Å²) >= 11 is 0. The van der Waals surface area contributed by atoms with E-state index in [1.54, 1.807) is 0 Å². The van der Waals surface area contributed by atoms with Crippen LogP contribution in [0, 0.1) is 13.8 Å². The minimum absolute atomic E-state index is 0. The molecule has 2 aromatic carbocycles. The molecule has 2 rings (SSSR count). The van der Waals surface area contributed by atoms with Gasteiger partial charge >= 0.3 is 0 Å². The first kappa shape index (κ1) is 15.4. The number of nitrogens with two attached hydrogens (primary N) is 1. The second-order valence-electron chi connectivity index (χ2n) is 4.90. The first-order valence-corrected chi connectivity index (χ1v) is 6.14. The molecule has 0 aliphatic heterocycles. The van der Waals surface area contributed by atoms with Crippen molar-refractivity contribution in [1.82, 2.24) is 0 Å². The van der Waals surface area contributed by atoms with Crippen LogP contribution in [0.15, 0.2) is 36.4 Å². The van der Waals surface area contributed by atoms with E-state index >= 15 is 0 Å². The number of anilines is 2. The normalized spacial score (nSPS) is 9.89. The Morgan fingerprint density at radius 3 is 1.95 bits per heavy atom. The second kappa shape index (κ2) is 5.98. The quantitative estimate of drug-likeness (QED) is 0.839. The standard InChI is InChI=1S/C16H20N2.ClH/c1-11-12(2)16(18(3)4)10-9-15(11)13-5-7-14(17)8-6-13;/h5-10H,17H2,1-4H3;1H. The Morgan fingerprint density at radius 1 is 0.842 bits per heavy atom. The van der Waals surface area contributed by atoms with Gasteiger partial charge in [0.1, 0.15) is 0 Å². The summed E-state index contributed by atoms with van der Waals surface area (Å²) in [6.07, 6.45) is 0. The zero-order chi connectivity index (χ0) is 13.3. The van der Waals surface area contributed by atoms with E-state index in [-0.39, 0.29) is 12.4 Å². The molecule has 0 bridgehead atoms. The summed E-state index contributed by atoms with van der Waals surface area (Å²) in [5.74, 6) is 0. The van der Waals surface area contributed by atoms with Gasteiger partial charge in [-0.3, -0.25) is 0 Å². The van der Waals surface area contributed by atoms with E-state index in [1.807, 2.05) is 12.1 Å². The van der Waals surface area contributed by atoms with Crippen molar-refractivity contribution in [1.29, 1.82) is 0 Å². The lowest BCUT2D eigenvalue weighted by molar-refractivity contribution is 1.11. The van der Waals surface area contributed by atoms with Gasteiger partial charge in [-0.15, -0.1) is 12.4 Å². The zero-order valence-electron chi connectivity index (χ0n) is 11.9. The van der Waals surface area contributed by atoms with E-state index in [2.05, 4.69) is 57.1 Å². The average Bonchev–Trinajstić information content (AvgIpc) is 2.33. The highest BCUT2D eigenvalue weighted by Crippen LogP contribution is 2.31. The third kappa shape index (κ3) is 3.02. The largest absolute Gasteiger partial charge is 0.399 e. The average molecular weight is 277 g/mol. The Kier molecular flexibility index (Phi) is 4.84. The SMILES string of the molecule is Cc1c(-c2ccc(N)cc2)ccc(N(C)C)c1C.Cl. The van der Waals surface area contributed by atoms with Crippen molar-refractivity contribution in [2.45, 2.75) is 13.8 Å². The van der Waals surface area contributed by atoms with Crippen molar-refractivity contribution in [3.8, 4) is 11.1 Å². The fourth-order valence-corrected chi connectivity index (χ4v) is 2.27. The van der Waals surface area contributed by atoms with E-state index in [1.165, 1.54) is 27.9 Å². The second-order valence-corrected chi connectivity index (χ2v) is 4.90. The molecule has 102 valence electrons. The van der Waals surface area contributed by atoms with Crippen molar-refractivity contribution >= 4 is 23.8 Å².